The number of halogens is 2. The second-order valence-corrected chi connectivity index (χ2v) is 8.44. The van der Waals surface area contributed by atoms with Crippen LogP contribution in [0.25, 0.3) is 0 Å². The smallest absolute Gasteiger partial charge is 0.341 e. The minimum Gasteiger partial charge on any atom is -0.494 e. The van der Waals surface area contributed by atoms with Crippen molar-refractivity contribution in [2.75, 3.05) is 11.3 Å². The number of hydrogen-bond donors (Lipinski definition) is 1. The van der Waals surface area contributed by atoms with Gasteiger partial charge in [0.2, 0.25) is 9.84 Å². The van der Waals surface area contributed by atoms with Crippen molar-refractivity contribution in [2.45, 2.75) is 22.5 Å². The van der Waals surface area contributed by atoms with Crippen molar-refractivity contribution in [1.29, 1.82) is 0 Å². The lowest BCUT2D eigenvalue weighted by molar-refractivity contribution is 0.234. The molecule has 25 heavy (non-hydrogen) atoms. The second kappa shape index (κ2) is 7.36. The molecule has 0 bridgehead atoms. The number of sulfonamides is 1. The van der Waals surface area contributed by atoms with Gasteiger partial charge in [-0.2, -0.15) is 8.78 Å². The maximum absolute atomic E-state index is 12.5. The van der Waals surface area contributed by atoms with Gasteiger partial charge in [0.25, 0.3) is 10.0 Å². The van der Waals surface area contributed by atoms with Crippen LogP contribution in [0.1, 0.15) is 6.92 Å². The number of sulfone groups is 1. The van der Waals surface area contributed by atoms with Gasteiger partial charge in [-0.1, -0.05) is 0 Å². The molecule has 6 nitrogen and oxygen atoms in total. The molecule has 0 radical (unpaired) electrons. The Kier molecular flexibility index (Phi) is 5.63. The maximum Gasteiger partial charge on any atom is 0.341 e. The van der Waals surface area contributed by atoms with Crippen molar-refractivity contribution in [3.63, 3.8) is 0 Å². The first-order valence-electron chi connectivity index (χ1n) is 7.04. The van der Waals surface area contributed by atoms with E-state index in [-0.39, 0.29) is 10.6 Å². The van der Waals surface area contributed by atoms with Crippen molar-refractivity contribution in [3.8, 4) is 5.75 Å². The third kappa shape index (κ3) is 4.45. The molecule has 10 heteroatoms. The predicted octanol–water partition coefficient (Wildman–Crippen LogP) is 2.88. The summed E-state index contributed by atoms with van der Waals surface area (Å²) in [4.78, 5) is -0.619. The Bertz CT molecular complexity index is 925. The summed E-state index contributed by atoms with van der Waals surface area (Å²) in [7, 11) is -8.64. The van der Waals surface area contributed by atoms with Crippen molar-refractivity contribution in [2.24, 2.45) is 0 Å². The highest BCUT2D eigenvalue weighted by atomic mass is 32.2. The third-order valence-electron chi connectivity index (χ3n) is 3.11. The van der Waals surface area contributed by atoms with Gasteiger partial charge in [0.05, 0.1) is 16.4 Å². The average molecular weight is 391 g/mol. The molecule has 1 N–H and O–H groups in total. The molecule has 0 saturated heterocycles. The highest BCUT2D eigenvalue weighted by Gasteiger charge is 2.26. The molecule has 0 heterocycles. The molecule has 0 aliphatic rings. The van der Waals surface area contributed by atoms with Crippen LogP contribution in [-0.4, -0.2) is 29.2 Å². The van der Waals surface area contributed by atoms with Crippen LogP contribution in [0, 0.1) is 0 Å². The van der Waals surface area contributed by atoms with Gasteiger partial charge in [0, 0.05) is 5.69 Å². The van der Waals surface area contributed by atoms with Crippen LogP contribution in [0.15, 0.2) is 58.3 Å². The molecule has 0 saturated carbocycles. The van der Waals surface area contributed by atoms with Gasteiger partial charge >= 0.3 is 5.76 Å². The fourth-order valence-corrected chi connectivity index (χ4v) is 3.69. The molecule has 0 spiro atoms. The number of anilines is 1. The number of alkyl halides is 2. The molecule has 0 amide bonds. The van der Waals surface area contributed by atoms with E-state index < -0.39 is 30.5 Å². The van der Waals surface area contributed by atoms with E-state index in [1.54, 1.807) is 6.92 Å². The third-order valence-corrected chi connectivity index (χ3v) is 5.91. The minimum atomic E-state index is -4.72. The summed E-state index contributed by atoms with van der Waals surface area (Å²) in [5.41, 5.74) is 0.0436. The summed E-state index contributed by atoms with van der Waals surface area (Å²) >= 11 is 0. The maximum atomic E-state index is 12.5. The molecular formula is C15H15F2NO5S2. The lowest BCUT2D eigenvalue weighted by Gasteiger charge is -2.10. The lowest BCUT2D eigenvalue weighted by Crippen LogP contribution is -2.14. The number of benzene rings is 2. The van der Waals surface area contributed by atoms with Gasteiger partial charge in [-0.3, -0.25) is 4.72 Å². The Morgan fingerprint density at radius 2 is 1.44 bits per heavy atom. The fourth-order valence-electron chi connectivity index (χ4n) is 1.91. The minimum absolute atomic E-state index is 0.0276. The summed E-state index contributed by atoms with van der Waals surface area (Å²) in [6, 6.07) is 9.72. The first-order chi connectivity index (χ1) is 11.7. The van der Waals surface area contributed by atoms with Crippen LogP contribution in [0.4, 0.5) is 14.5 Å². The monoisotopic (exact) mass is 391 g/mol. The Balaban J connectivity index is 2.20. The zero-order chi connectivity index (χ0) is 18.7. The van der Waals surface area contributed by atoms with E-state index in [4.69, 9.17) is 4.74 Å². The van der Waals surface area contributed by atoms with E-state index in [1.807, 2.05) is 0 Å². The standard InChI is InChI=1S/C15H15F2NO5S2/c1-2-23-12-5-9-14(10-6-12)25(21,22)18-11-3-7-13(8-4-11)24(19,20)15(16)17/h3-10,15,18H,2H2,1H3. The number of nitrogens with one attached hydrogen (secondary N) is 1. The van der Waals surface area contributed by atoms with Crippen LogP contribution < -0.4 is 9.46 Å². The lowest BCUT2D eigenvalue weighted by atomic mass is 10.3. The molecule has 0 aliphatic heterocycles. The summed E-state index contributed by atoms with van der Waals surface area (Å²) in [6.45, 7) is 2.24. The van der Waals surface area contributed by atoms with Crippen molar-refractivity contribution >= 4 is 25.5 Å². The van der Waals surface area contributed by atoms with Crippen molar-refractivity contribution < 1.29 is 30.4 Å². The van der Waals surface area contributed by atoms with Crippen LogP contribution >= 0.6 is 0 Å². The molecule has 0 fully saturated rings. The molecule has 0 atom stereocenters. The summed E-state index contributed by atoms with van der Waals surface area (Å²) in [5, 5.41) is 0. The molecule has 2 rings (SSSR count). The first-order valence-corrected chi connectivity index (χ1v) is 10.1. The largest absolute Gasteiger partial charge is 0.494 e. The quantitative estimate of drug-likeness (QED) is 0.784. The second-order valence-electron chi connectivity index (χ2n) is 4.84. The van der Waals surface area contributed by atoms with Gasteiger partial charge in [-0.05, 0) is 55.5 Å². The van der Waals surface area contributed by atoms with Crippen molar-refractivity contribution in [1.82, 2.24) is 0 Å². The predicted molar refractivity (Wildman–Crippen MR) is 88.1 cm³/mol. The van der Waals surface area contributed by atoms with Crippen LogP contribution in [0.3, 0.4) is 0 Å². The topological polar surface area (TPSA) is 89.5 Å². The number of rotatable bonds is 7. The van der Waals surface area contributed by atoms with E-state index in [9.17, 15) is 25.6 Å². The van der Waals surface area contributed by atoms with Gasteiger partial charge < -0.3 is 4.74 Å². The Morgan fingerprint density at radius 1 is 0.920 bits per heavy atom. The van der Waals surface area contributed by atoms with Gasteiger partial charge in [0.1, 0.15) is 5.75 Å². The SMILES string of the molecule is CCOc1ccc(S(=O)(=O)Nc2ccc(S(=O)(=O)C(F)F)cc2)cc1. The fraction of sp³-hybridized carbons (Fsp3) is 0.200. The zero-order valence-corrected chi connectivity index (χ0v) is 14.6. The first kappa shape index (κ1) is 19.1. The van der Waals surface area contributed by atoms with Crippen LogP contribution in [-0.2, 0) is 19.9 Å². The molecular weight excluding hydrogens is 376 g/mol. The molecule has 0 unspecified atom stereocenters. The van der Waals surface area contributed by atoms with Gasteiger partial charge in [-0.25, -0.2) is 16.8 Å². The Hall–Kier alpha value is -2.20. The summed E-state index contributed by atoms with van der Waals surface area (Å²) < 4.78 is 79.6. The Labute approximate surface area is 144 Å². The molecule has 136 valence electrons. The Morgan fingerprint density at radius 3 is 1.92 bits per heavy atom. The summed E-state index contributed by atoms with van der Waals surface area (Å²) in [6.07, 6.45) is 0. The molecule has 0 aromatic heterocycles. The molecule has 0 aliphatic carbocycles. The van der Waals surface area contributed by atoms with E-state index in [0.717, 1.165) is 24.3 Å². The molecule has 2 aromatic rings. The van der Waals surface area contributed by atoms with Gasteiger partial charge in [-0.15, -0.1) is 0 Å². The number of ether oxygens (including phenoxy) is 1. The highest BCUT2D eigenvalue weighted by Crippen LogP contribution is 2.23. The van der Waals surface area contributed by atoms with Crippen molar-refractivity contribution in [3.05, 3.63) is 48.5 Å². The normalized spacial score (nSPS) is 12.2. The van der Waals surface area contributed by atoms with Crippen LogP contribution in [0.2, 0.25) is 0 Å². The number of hydrogen-bond acceptors (Lipinski definition) is 5. The van der Waals surface area contributed by atoms with Gasteiger partial charge in [0.15, 0.2) is 0 Å². The molecule has 2 aromatic carbocycles. The average Bonchev–Trinajstić information content (AvgIpc) is 2.55. The van der Waals surface area contributed by atoms with E-state index in [1.165, 1.54) is 24.3 Å². The zero-order valence-electron chi connectivity index (χ0n) is 13.0. The summed E-state index contributed by atoms with van der Waals surface area (Å²) in [5.74, 6) is -3.03. The van der Waals surface area contributed by atoms with E-state index in [2.05, 4.69) is 4.72 Å². The van der Waals surface area contributed by atoms with E-state index in [0.29, 0.717) is 12.4 Å². The van der Waals surface area contributed by atoms with E-state index >= 15 is 0 Å². The van der Waals surface area contributed by atoms with Crippen LogP contribution in [0.5, 0.6) is 5.75 Å². The highest BCUT2D eigenvalue weighted by molar-refractivity contribution is 7.92.